The summed E-state index contributed by atoms with van der Waals surface area (Å²) in [5.41, 5.74) is 12.2. The van der Waals surface area contributed by atoms with Crippen molar-refractivity contribution in [1.29, 1.82) is 0 Å². The van der Waals surface area contributed by atoms with Crippen LogP contribution in [0.25, 0.3) is 11.1 Å². The minimum Gasteiger partial charge on any atom is -0.482 e. The van der Waals surface area contributed by atoms with Crippen molar-refractivity contribution in [3.63, 3.8) is 0 Å². The maximum Gasteiger partial charge on any atom is 0.255 e. The van der Waals surface area contributed by atoms with Crippen LogP contribution in [0.4, 0.5) is 11.5 Å². The third-order valence-electron chi connectivity index (χ3n) is 5.28. The Morgan fingerprint density at radius 2 is 1.76 bits per heavy atom. The maximum absolute atomic E-state index is 12.7. The lowest BCUT2D eigenvalue weighted by Gasteiger charge is -2.18. The zero-order chi connectivity index (χ0) is 23.4. The van der Waals surface area contributed by atoms with Gasteiger partial charge in [-0.25, -0.2) is 4.98 Å². The number of benzene rings is 2. The quantitative estimate of drug-likeness (QED) is 0.401. The summed E-state index contributed by atoms with van der Waals surface area (Å²) in [6, 6.07) is 19.1. The van der Waals surface area contributed by atoms with Gasteiger partial charge in [-0.1, -0.05) is 35.4 Å². The number of amides is 1. The van der Waals surface area contributed by atoms with E-state index in [0.29, 0.717) is 22.8 Å². The Bertz CT molecular complexity index is 1270. The number of nitrogens with zero attached hydrogens (tertiary/aromatic N) is 2. The first-order chi connectivity index (χ1) is 15.9. The van der Waals surface area contributed by atoms with Crippen LogP contribution in [-0.2, 0) is 0 Å². The van der Waals surface area contributed by atoms with Crippen LogP contribution in [0.2, 0.25) is 0 Å². The largest absolute Gasteiger partial charge is 0.482 e. The number of hydrogen-bond acceptors (Lipinski definition) is 5. The van der Waals surface area contributed by atoms with Crippen LogP contribution in [0.15, 0.2) is 79.3 Å². The number of aryl methyl sites for hydroxylation is 2. The number of nitrogens with one attached hydrogen (secondary N) is 1. The van der Waals surface area contributed by atoms with E-state index in [9.17, 15) is 4.79 Å². The molecule has 1 atom stereocenters. The Balaban J connectivity index is 1.51. The van der Waals surface area contributed by atoms with Crippen molar-refractivity contribution in [2.75, 3.05) is 11.1 Å². The fourth-order valence-electron chi connectivity index (χ4n) is 3.68. The molecule has 2 aromatic heterocycles. The number of rotatable bonds is 6. The van der Waals surface area contributed by atoms with Gasteiger partial charge in [0.1, 0.15) is 6.10 Å². The fraction of sp³-hybridized carbons (Fsp3) is 0.148. The summed E-state index contributed by atoms with van der Waals surface area (Å²) in [7, 11) is 0. The standard InChI is InChI=1S/C27H26N4O2/c1-17-10-18(2)12-22(11-17)27(32)31-24-8-4-6-20(13-24)19(3)33-25-14-23(16-30-26(25)28)21-7-5-9-29-15-21/h4-16,19H,1-3H3,(H2,28,30)(H,31,32)/t19-/m1/s1. The fourth-order valence-corrected chi connectivity index (χ4v) is 3.68. The molecule has 1 amide bonds. The van der Waals surface area contributed by atoms with Gasteiger partial charge in [0.2, 0.25) is 0 Å². The molecule has 0 radical (unpaired) electrons. The molecule has 2 heterocycles. The van der Waals surface area contributed by atoms with Crippen molar-refractivity contribution in [3.05, 3.63) is 102 Å². The molecule has 0 aliphatic rings. The van der Waals surface area contributed by atoms with Crippen molar-refractivity contribution in [1.82, 2.24) is 9.97 Å². The van der Waals surface area contributed by atoms with E-state index in [0.717, 1.165) is 27.8 Å². The minimum absolute atomic E-state index is 0.148. The van der Waals surface area contributed by atoms with Crippen molar-refractivity contribution in [3.8, 4) is 16.9 Å². The third kappa shape index (κ3) is 5.36. The summed E-state index contributed by atoms with van der Waals surface area (Å²) in [6.07, 6.45) is 4.88. The average Bonchev–Trinajstić information content (AvgIpc) is 2.80. The van der Waals surface area contributed by atoms with Crippen molar-refractivity contribution >= 4 is 17.4 Å². The molecule has 0 fully saturated rings. The normalized spacial score (nSPS) is 11.6. The van der Waals surface area contributed by atoms with Crippen LogP contribution in [0.3, 0.4) is 0 Å². The van der Waals surface area contributed by atoms with Gasteiger partial charge in [-0.2, -0.15) is 0 Å². The lowest BCUT2D eigenvalue weighted by Crippen LogP contribution is -2.13. The van der Waals surface area contributed by atoms with Crippen LogP contribution >= 0.6 is 0 Å². The number of pyridine rings is 2. The molecule has 6 heteroatoms. The SMILES string of the molecule is Cc1cc(C)cc(C(=O)Nc2cccc([C@@H](C)Oc3cc(-c4cccnc4)cnc3N)c2)c1. The van der Waals surface area contributed by atoms with Gasteiger partial charge >= 0.3 is 0 Å². The second-order valence-electron chi connectivity index (χ2n) is 8.07. The van der Waals surface area contributed by atoms with Gasteiger partial charge in [-0.3, -0.25) is 9.78 Å². The number of nitrogen functional groups attached to an aromatic ring is 1. The van der Waals surface area contributed by atoms with E-state index in [1.54, 1.807) is 18.6 Å². The van der Waals surface area contributed by atoms with Crippen LogP contribution < -0.4 is 15.8 Å². The zero-order valence-electron chi connectivity index (χ0n) is 18.9. The minimum atomic E-state index is -0.309. The molecular formula is C27H26N4O2. The Morgan fingerprint density at radius 1 is 0.970 bits per heavy atom. The monoisotopic (exact) mass is 438 g/mol. The van der Waals surface area contributed by atoms with Crippen molar-refractivity contribution in [2.45, 2.75) is 26.9 Å². The van der Waals surface area contributed by atoms with Gasteiger partial charge in [-0.15, -0.1) is 0 Å². The molecule has 2 aromatic carbocycles. The number of carbonyl (C=O) groups excluding carboxylic acids is 1. The number of anilines is 2. The molecule has 0 spiro atoms. The molecule has 0 bridgehead atoms. The molecular weight excluding hydrogens is 412 g/mol. The van der Waals surface area contributed by atoms with Crippen LogP contribution in [0, 0.1) is 13.8 Å². The second kappa shape index (κ2) is 9.53. The van der Waals surface area contributed by atoms with Crippen LogP contribution in [0.1, 0.15) is 40.1 Å². The predicted octanol–water partition coefficient (Wildman–Crippen LogP) is 5.73. The molecule has 0 aliphatic heterocycles. The zero-order valence-corrected chi connectivity index (χ0v) is 18.9. The average molecular weight is 439 g/mol. The lowest BCUT2D eigenvalue weighted by molar-refractivity contribution is 0.102. The summed E-state index contributed by atoms with van der Waals surface area (Å²) >= 11 is 0. The summed E-state index contributed by atoms with van der Waals surface area (Å²) in [5, 5.41) is 2.98. The number of aromatic nitrogens is 2. The highest BCUT2D eigenvalue weighted by Gasteiger charge is 2.14. The number of ether oxygens (including phenoxy) is 1. The third-order valence-corrected chi connectivity index (χ3v) is 5.28. The molecule has 4 rings (SSSR count). The van der Waals surface area contributed by atoms with E-state index in [1.807, 2.05) is 81.4 Å². The van der Waals surface area contributed by atoms with Gasteiger partial charge in [0.15, 0.2) is 11.6 Å². The number of hydrogen-bond donors (Lipinski definition) is 2. The Hall–Kier alpha value is -4.19. The van der Waals surface area contributed by atoms with Crippen LogP contribution in [-0.4, -0.2) is 15.9 Å². The van der Waals surface area contributed by atoms with E-state index < -0.39 is 0 Å². The Labute approximate surface area is 193 Å². The molecule has 0 saturated carbocycles. The predicted molar refractivity (Wildman–Crippen MR) is 131 cm³/mol. The van der Waals surface area contributed by atoms with Gasteiger partial charge in [0.25, 0.3) is 5.91 Å². The first-order valence-electron chi connectivity index (χ1n) is 10.7. The molecule has 166 valence electrons. The van der Waals surface area contributed by atoms with E-state index in [4.69, 9.17) is 10.5 Å². The van der Waals surface area contributed by atoms with E-state index in [-0.39, 0.29) is 12.0 Å². The highest BCUT2D eigenvalue weighted by atomic mass is 16.5. The van der Waals surface area contributed by atoms with E-state index >= 15 is 0 Å². The van der Waals surface area contributed by atoms with Gasteiger partial charge in [0.05, 0.1) is 0 Å². The summed E-state index contributed by atoms with van der Waals surface area (Å²) in [6.45, 7) is 5.89. The summed E-state index contributed by atoms with van der Waals surface area (Å²) < 4.78 is 6.15. The number of carbonyl (C=O) groups is 1. The highest BCUT2D eigenvalue weighted by Crippen LogP contribution is 2.31. The van der Waals surface area contributed by atoms with Crippen molar-refractivity contribution in [2.24, 2.45) is 0 Å². The second-order valence-corrected chi connectivity index (χ2v) is 8.07. The topological polar surface area (TPSA) is 90.1 Å². The smallest absolute Gasteiger partial charge is 0.255 e. The summed E-state index contributed by atoms with van der Waals surface area (Å²) in [4.78, 5) is 21.2. The van der Waals surface area contributed by atoms with Gasteiger partial charge in [-0.05, 0) is 62.7 Å². The first kappa shape index (κ1) is 22.0. The van der Waals surface area contributed by atoms with Crippen molar-refractivity contribution < 1.29 is 9.53 Å². The molecule has 0 aliphatic carbocycles. The number of nitrogens with two attached hydrogens (primary N) is 1. The molecule has 33 heavy (non-hydrogen) atoms. The van der Waals surface area contributed by atoms with E-state index in [1.165, 1.54) is 0 Å². The van der Waals surface area contributed by atoms with Gasteiger partial charge in [0, 0.05) is 41.0 Å². The molecule has 3 N–H and O–H groups in total. The summed E-state index contributed by atoms with van der Waals surface area (Å²) in [5.74, 6) is 0.660. The van der Waals surface area contributed by atoms with Crippen LogP contribution in [0.5, 0.6) is 5.75 Å². The first-order valence-corrected chi connectivity index (χ1v) is 10.7. The highest BCUT2D eigenvalue weighted by molar-refractivity contribution is 6.04. The Kier molecular flexibility index (Phi) is 6.36. The Morgan fingerprint density at radius 3 is 2.48 bits per heavy atom. The molecule has 0 unspecified atom stereocenters. The maximum atomic E-state index is 12.7. The lowest BCUT2D eigenvalue weighted by atomic mass is 10.1. The molecule has 4 aromatic rings. The van der Waals surface area contributed by atoms with Gasteiger partial charge < -0.3 is 15.8 Å². The van der Waals surface area contributed by atoms with E-state index in [2.05, 4.69) is 15.3 Å². The molecule has 6 nitrogen and oxygen atoms in total. The molecule has 0 saturated heterocycles.